The summed E-state index contributed by atoms with van der Waals surface area (Å²) in [7, 11) is -3.59. The molecule has 4 rings (SSSR count). The monoisotopic (exact) mass is 438 g/mol. The number of amides is 1. The van der Waals surface area contributed by atoms with Gasteiger partial charge in [0, 0.05) is 41.9 Å². The first-order chi connectivity index (χ1) is 13.8. The van der Waals surface area contributed by atoms with Crippen molar-refractivity contribution in [2.24, 2.45) is 5.92 Å². The Balaban J connectivity index is 1.42. The Kier molecular flexibility index (Phi) is 5.76. The Morgan fingerprint density at radius 1 is 1.28 bits per heavy atom. The SMILES string of the molecule is CC(C)NC(=O)C1CCN(S(=O)(=O)c2cc(-c3noc(C4CCC4)n3)cs2)CC1. The van der Waals surface area contributed by atoms with Gasteiger partial charge >= 0.3 is 0 Å². The Hall–Kier alpha value is -1.78. The molecule has 0 spiro atoms. The molecule has 1 N–H and O–H groups in total. The zero-order valence-corrected chi connectivity index (χ0v) is 18.3. The summed E-state index contributed by atoms with van der Waals surface area (Å²) in [5.74, 6) is 1.30. The Bertz CT molecular complexity index is 970. The summed E-state index contributed by atoms with van der Waals surface area (Å²) in [6.07, 6.45) is 4.38. The van der Waals surface area contributed by atoms with Crippen molar-refractivity contribution in [3.63, 3.8) is 0 Å². The molecule has 158 valence electrons. The van der Waals surface area contributed by atoms with Crippen LogP contribution in [0.2, 0.25) is 0 Å². The summed E-state index contributed by atoms with van der Waals surface area (Å²) in [5.41, 5.74) is 0.661. The van der Waals surface area contributed by atoms with Crippen LogP contribution in [0.1, 0.15) is 57.8 Å². The number of piperidine rings is 1. The summed E-state index contributed by atoms with van der Waals surface area (Å²) >= 11 is 1.17. The van der Waals surface area contributed by atoms with Gasteiger partial charge in [0.2, 0.25) is 17.6 Å². The van der Waals surface area contributed by atoms with Gasteiger partial charge in [0.25, 0.3) is 10.0 Å². The third-order valence-electron chi connectivity index (χ3n) is 5.58. The van der Waals surface area contributed by atoms with E-state index in [1.54, 1.807) is 11.4 Å². The highest BCUT2D eigenvalue weighted by atomic mass is 32.2. The van der Waals surface area contributed by atoms with Crippen LogP contribution in [0.4, 0.5) is 0 Å². The molecule has 1 saturated carbocycles. The normalized spacial score (nSPS) is 19.4. The van der Waals surface area contributed by atoms with E-state index in [2.05, 4.69) is 15.5 Å². The molecule has 2 aliphatic rings. The molecule has 1 aliphatic carbocycles. The van der Waals surface area contributed by atoms with Crippen molar-refractivity contribution < 1.29 is 17.7 Å². The van der Waals surface area contributed by atoms with Crippen molar-refractivity contribution in [1.82, 2.24) is 19.8 Å². The van der Waals surface area contributed by atoms with Crippen LogP contribution in [0, 0.1) is 5.92 Å². The predicted octanol–water partition coefficient (Wildman–Crippen LogP) is 2.99. The first kappa shape index (κ1) is 20.5. The molecule has 0 unspecified atom stereocenters. The summed E-state index contributed by atoms with van der Waals surface area (Å²) < 4.78 is 33.1. The molecule has 1 saturated heterocycles. The number of rotatable bonds is 6. The van der Waals surface area contributed by atoms with E-state index in [1.807, 2.05) is 13.8 Å². The van der Waals surface area contributed by atoms with Gasteiger partial charge < -0.3 is 9.84 Å². The Morgan fingerprint density at radius 3 is 2.62 bits per heavy atom. The molecule has 0 atom stereocenters. The van der Waals surface area contributed by atoms with Crippen LogP contribution in [0.15, 0.2) is 20.2 Å². The molecule has 8 nitrogen and oxygen atoms in total. The van der Waals surface area contributed by atoms with Gasteiger partial charge in [0.15, 0.2) is 0 Å². The average molecular weight is 439 g/mol. The number of aromatic nitrogens is 2. The number of thiophene rings is 1. The maximum absolute atomic E-state index is 13.0. The van der Waals surface area contributed by atoms with Crippen molar-refractivity contribution in [2.45, 2.75) is 62.1 Å². The minimum Gasteiger partial charge on any atom is -0.354 e. The van der Waals surface area contributed by atoms with Crippen LogP contribution in [0.5, 0.6) is 0 Å². The van der Waals surface area contributed by atoms with Crippen LogP contribution in [-0.4, -0.2) is 47.9 Å². The second-order valence-electron chi connectivity index (χ2n) is 8.08. The van der Waals surface area contributed by atoms with Crippen LogP contribution in [0.25, 0.3) is 11.4 Å². The van der Waals surface area contributed by atoms with Gasteiger partial charge in [-0.05, 0) is 45.6 Å². The van der Waals surface area contributed by atoms with Crippen molar-refractivity contribution in [3.8, 4) is 11.4 Å². The Labute approximate surface area is 174 Å². The first-order valence-corrected chi connectivity index (χ1v) is 12.4. The number of hydrogen-bond donors (Lipinski definition) is 1. The minimum absolute atomic E-state index is 0.00910. The van der Waals surface area contributed by atoms with Gasteiger partial charge in [0.1, 0.15) is 4.21 Å². The topological polar surface area (TPSA) is 105 Å². The lowest BCUT2D eigenvalue weighted by atomic mass is 9.85. The van der Waals surface area contributed by atoms with Gasteiger partial charge in [-0.15, -0.1) is 11.3 Å². The van der Waals surface area contributed by atoms with Crippen LogP contribution in [-0.2, 0) is 14.8 Å². The lowest BCUT2D eigenvalue weighted by Crippen LogP contribution is -2.44. The highest BCUT2D eigenvalue weighted by molar-refractivity contribution is 7.91. The number of carbonyl (C=O) groups is 1. The number of sulfonamides is 1. The quantitative estimate of drug-likeness (QED) is 0.743. The highest BCUT2D eigenvalue weighted by Gasteiger charge is 2.33. The predicted molar refractivity (Wildman–Crippen MR) is 109 cm³/mol. The van der Waals surface area contributed by atoms with E-state index in [4.69, 9.17) is 4.52 Å². The van der Waals surface area contributed by atoms with Crippen molar-refractivity contribution in [2.75, 3.05) is 13.1 Å². The number of nitrogens with zero attached hydrogens (tertiary/aromatic N) is 3. The van der Waals surface area contributed by atoms with Gasteiger partial charge in [-0.3, -0.25) is 4.79 Å². The molecule has 0 radical (unpaired) electrons. The van der Waals surface area contributed by atoms with Gasteiger partial charge in [0.05, 0.1) is 0 Å². The fourth-order valence-electron chi connectivity index (χ4n) is 3.63. The molecule has 2 aromatic heterocycles. The third kappa shape index (κ3) is 4.24. The van der Waals surface area contributed by atoms with E-state index in [0.29, 0.717) is 49.1 Å². The first-order valence-electron chi connectivity index (χ1n) is 10.1. The van der Waals surface area contributed by atoms with Crippen LogP contribution >= 0.6 is 11.3 Å². The van der Waals surface area contributed by atoms with Gasteiger partial charge in [-0.1, -0.05) is 11.6 Å². The zero-order chi connectivity index (χ0) is 20.6. The fourth-order valence-corrected chi connectivity index (χ4v) is 6.41. The average Bonchev–Trinajstić information content (AvgIpc) is 3.29. The Morgan fingerprint density at radius 2 is 2.00 bits per heavy atom. The maximum Gasteiger partial charge on any atom is 0.252 e. The van der Waals surface area contributed by atoms with Gasteiger partial charge in [-0.2, -0.15) is 9.29 Å². The number of hydrogen-bond acceptors (Lipinski definition) is 7. The van der Waals surface area contributed by atoms with Crippen molar-refractivity contribution in [1.29, 1.82) is 0 Å². The molecule has 1 aliphatic heterocycles. The van der Waals surface area contributed by atoms with E-state index in [0.717, 1.165) is 12.8 Å². The van der Waals surface area contributed by atoms with E-state index < -0.39 is 10.0 Å². The fraction of sp³-hybridized carbons (Fsp3) is 0.632. The molecule has 0 aromatic carbocycles. The standard InChI is InChI=1S/C19H26N4O4S2/c1-12(2)20-18(24)13-6-8-23(9-7-13)29(25,26)16-10-15(11-28-16)17-21-19(27-22-17)14-4-3-5-14/h10-14H,3-9H2,1-2H3,(H,20,24). The smallest absolute Gasteiger partial charge is 0.252 e. The largest absolute Gasteiger partial charge is 0.354 e. The van der Waals surface area contributed by atoms with Crippen LogP contribution < -0.4 is 5.32 Å². The summed E-state index contributed by atoms with van der Waals surface area (Å²) in [4.78, 5) is 16.6. The molecule has 3 heterocycles. The van der Waals surface area contributed by atoms with Gasteiger partial charge in [-0.25, -0.2) is 8.42 Å². The molecule has 10 heteroatoms. The number of nitrogens with one attached hydrogen (secondary N) is 1. The van der Waals surface area contributed by atoms with E-state index in [-0.39, 0.29) is 22.1 Å². The van der Waals surface area contributed by atoms with Crippen LogP contribution in [0.3, 0.4) is 0 Å². The maximum atomic E-state index is 13.0. The van der Waals surface area contributed by atoms with Crippen molar-refractivity contribution in [3.05, 3.63) is 17.3 Å². The molecule has 2 fully saturated rings. The minimum atomic E-state index is -3.59. The molecule has 0 bridgehead atoms. The van der Waals surface area contributed by atoms with E-state index >= 15 is 0 Å². The molecular formula is C19H26N4O4S2. The van der Waals surface area contributed by atoms with Crippen molar-refractivity contribution >= 4 is 27.3 Å². The lowest BCUT2D eigenvalue weighted by Gasteiger charge is -2.30. The van der Waals surface area contributed by atoms with E-state index in [9.17, 15) is 13.2 Å². The molecular weight excluding hydrogens is 412 g/mol. The highest BCUT2D eigenvalue weighted by Crippen LogP contribution is 2.37. The summed E-state index contributed by atoms with van der Waals surface area (Å²) in [5, 5.41) is 8.68. The molecule has 29 heavy (non-hydrogen) atoms. The third-order valence-corrected chi connectivity index (χ3v) is 8.89. The summed E-state index contributed by atoms with van der Waals surface area (Å²) in [6, 6.07) is 1.70. The second-order valence-corrected chi connectivity index (χ2v) is 11.2. The zero-order valence-electron chi connectivity index (χ0n) is 16.6. The molecule has 2 aromatic rings. The second kappa shape index (κ2) is 8.16. The van der Waals surface area contributed by atoms with E-state index in [1.165, 1.54) is 22.1 Å². The lowest BCUT2D eigenvalue weighted by molar-refractivity contribution is -0.126. The molecule has 1 amide bonds. The number of carbonyl (C=O) groups excluding carboxylic acids is 1. The summed E-state index contributed by atoms with van der Waals surface area (Å²) in [6.45, 7) is 4.54.